The molecule has 38 heavy (non-hydrogen) atoms. The molecule has 0 aromatic heterocycles. The summed E-state index contributed by atoms with van der Waals surface area (Å²) in [6.45, 7) is 0.0680. The van der Waals surface area contributed by atoms with Gasteiger partial charge in [-0.05, 0) is 72.2 Å². The molecule has 2 amide bonds. The van der Waals surface area contributed by atoms with Crippen molar-refractivity contribution in [2.75, 3.05) is 11.9 Å². The molecule has 198 valence electrons. The summed E-state index contributed by atoms with van der Waals surface area (Å²) in [7, 11) is 0. The second kappa shape index (κ2) is 13.2. The van der Waals surface area contributed by atoms with Crippen molar-refractivity contribution in [1.29, 1.82) is 0 Å². The average Bonchev–Trinajstić information content (AvgIpc) is 2.92. The number of hydrogen-bond donors (Lipinski definition) is 3. The van der Waals surface area contributed by atoms with E-state index in [1.807, 2.05) is 18.2 Å². The molecule has 1 atom stereocenters. The Morgan fingerprint density at radius 1 is 0.921 bits per heavy atom. The number of carboxylic acid groups (broad SMARTS) is 1. The zero-order valence-corrected chi connectivity index (χ0v) is 22.0. The third-order valence-electron chi connectivity index (χ3n) is 7.10. The molecule has 1 aliphatic carbocycles. The number of hydrogen-bond acceptors (Lipinski definition) is 3. The van der Waals surface area contributed by atoms with E-state index in [-0.39, 0.29) is 24.8 Å². The molecule has 0 heterocycles. The van der Waals surface area contributed by atoms with Crippen LogP contribution in [0.5, 0.6) is 0 Å². The number of rotatable bonds is 10. The SMILES string of the molecule is O=C(O)CCNC(=O)c1ccc(CC(C(=O)Nc2cccc(Cl)c2)c2ccc(C3CCCCC3)cc2)cc1. The van der Waals surface area contributed by atoms with Gasteiger partial charge in [0.15, 0.2) is 0 Å². The van der Waals surface area contributed by atoms with Crippen molar-refractivity contribution in [1.82, 2.24) is 5.32 Å². The number of nitrogens with one attached hydrogen (secondary N) is 2. The molecule has 0 aliphatic heterocycles. The van der Waals surface area contributed by atoms with E-state index in [4.69, 9.17) is 16.7 Å². The van der Waals surface area contributed by atoms with E-state index in [0.717, 1.165) is 11.1 Å². The number of aliphatic carboxylic acids is 1. The quantitative estimate of drug-likeness (QED) is 0.275. The number of amides is 2. The molecule has 0 radical (unpaired) electrons. The number of benzene rings is 3. The van der Waals surface area contributed by atoms with Crippen molar-refractivity contribution in [3.8, 4) is 0 Å². The summed E-state index contributed by atoms with van der Waals surface area (Å²) in [5.41, 5.74) is 4.26. The Morgan fingerprint density at radius 3 is 2.29 bits per heavy atom. The van der Waals surface area contributed by atoms with Gasteiger partial charge < -0.3 is 15.7 Å². The van der Waals surface area contributed by atoms with E-state index < -0.39 is 11.9 Å². The topological polar surface area (TPSA) is 95.5 Å². The van der Waals surface area contributed by atoms with E-state index in [1.54, 1.807) is 30.3 Å². The summed E-state index contributed by atoms with van der Waals surface area (Å²) in [5.74, 6) is -1.27. The number of halogens is 1. The van der Waals surface area contributed by atoms with E-state index in [9.17, 15) is 14.4 Å². The lowest BCUT2D eigenvalue weighted by atomic mass is 9.83. The van der Waals surface area contributed by atoms with Crippen molar-refractivity contribution >= 4 is 35.1 Å². The first kappa shape index (κ1) is 27.4. The molecule has 0 spiro atoms. The molecule has 0 bridgehead atoms. The molecule has 3 aromatic carbocycles. The molecule has 3 aromatic rings. The van der Waals surface area contributed by atoms with Crippen LogP contribution in [-0.2, 0) is 16.0 Å². The Bertz CT molecular complexity index is 1250. The van der Waals surface area contributed by atoms with Crippen LogP contribution in [0.2, 0.25) is 5.02 Å². The summed E-state index contributed by atoms with van der Waals surface area (Å²) >= 11 is 6.12. The van der Waals surface area contributed by atoms with Crippen molar-refractivity contribution in [2.24, 2.45) is 0 Å². The second-order valence-electron chi connectivity index (χ2n) is 9.85. The molecule has 1 saturated carbocycles. The highest BCUT2D eigenvalue weighted by Crippen LogP contribution is 2.34. The molecule has 1 fully saturated rings. The maximum atomic E-state index is 13.5. The summed E-state index contributed by atoms with van der Waals surface area (Å²) in [4.78, 5) is 36.5. The van der Waals surface area contributed by atoms with Gasteiger partial charge in [-0.25, -0.2) is 0 Å². The number of anilines is 1. The highest BCUT2D eigenvalue weighted by Gasteiger charge is 2.23. The van der Waals surface area contributed by atoms with Crippen LogP contribution in [0.4, 0.5) is 5.69 Å². The third kappa shape index (κ3) is 7.68. The third-order valence-corrected chi connectivity index (χ3v) is 7.34. The van der Waals surface area contributed by atoms with Gasteiger partial charge in [0.25, 0.3) is 5.91 Å². The van der Waals surface area contributed by atoms with Crippen LogP contribution in [-0.4, -0.2) is 29.4 Å². The smallest absolute Gasteiger partial charge is 0.305 e. The predicted octanol–water partition coefficient (Wildman–Crippen LogP) is 6.56. The Morgan fingerprint density at radius 2 is 1.63 bits per heavy atom. The summed E-state index contributed by atoms with van der Waals surface area (Å²) in [6, 6.07) is 22.6. The number of carboxylic acids is 1. The first-order chi connectivity index (χ1) is 18.4. The number of carbonyl (C=O) groups excluding carboxylic acids is 2. The van der Waals surface area contributed by atoms with Gasteiger partial charge in [-0.15, -0.1) is 0 Å². The first-order valence-electron chi connectivity index (χ1n) is 13.1. The normalized spacial score (nSPS) is 14.4. The Labute approximate surface area is 228 Å². The van der Waals surface area contributed by atoms with Gasteiger partial charge in [-0.3, -0.25) is 14.4 Å². The highest BCUT2D eigenvalue weighted by atomic mass is 35.5. The van der Waals surface area contributed by atoms with E-state index in [2.05, 4.69) is 34.9 Å². The maximum Gasteiger partial charge on any atom is 0.305 e. The second-order valence-corrected chi connectivity index (χ2v) is 10.3. The van der Waals surface area contributed by atoms with Crippen LogP contribution in [0.3, 0.4) is 0 Å². The fraction of sp³-hybridized carbons (Fsp3) is 0.323. The monoisotopic (exact) mass is 532 g/mol. The van der Waals surface area contributed by atoms with E-state index in [1.165, 1.54) is 37.7 Å². The largest absolute Gasteiger partial charge is 0.481 e. The lowest BCUT2D eigenvalue weighted by Crippen LogP contribution is -2.26. The van der Waals surface area contributed by atoms with E-state index in [0.29, 0.717) is 28.6 Å². The van der Waals surface area contributed by atoms with Gasteiger partial charge in [-0.2, -0.15) is 0 Å². The van der Waals surface area contributed by atoms with E-state index >= 15 is 0 Å². The molecule has 4 rings (SSSR count). The van der Waals surface area contributed by atoms with Gasteiger partial charge in [0.1, 0.15) is 0 Å². The molecule has 0 saturated heterocycles. The lowest BCUT2D eigenvalue weighted by molar-refractivity contribution is -0.136. The lowest BCUT2D eigenvalue weighted by Gasteiger charge is -2.23. The standard InChI is InChI=1S/C31H33ClN2O4/c32-26-7-4-8-27(20-26)34-31(38)28(24-15-13-23(14-16-24)22-5-2-1-3-6-22)19-21-9-11-25(12-10-21)30(37)33-18-17-29(35)36/h4,7-16,20,22,28H,1-3,5-6,17-19H2,(H,33,37)(H,34,38)(H,35,36). The van der Waals surface area contributed by atoms with Crippen molar-refractivity contribution in [3.63, 3.8) is 0 Å². The zero-order chi connectivity index (χ0) is 26.9. The Kier molecular flexibility index (Phi) is 9.55. The Hall–Kier alpha value is -3.64. The molecule has 1 aliphatic rings. The van der Waals surface area contributed by atoms with Crippen LogP contribution in [0.1, 0.15) is 77.4 Å². The summed E-state index contributed by atoms with van der Waals surface area (Å²) < 4.78 is 0. The molecule has 1 unspecified atom stereocenters. The molecule has 3 N–H and O–H groups in total. The van der Waals surface area contributed by atoms with Crippen LogP contribution in [0.25, 0.3) is 0 Å². The van der Waals surface area contributed by atoms with Crippen LogP contribution in [0.15, 0.2) is 72.8 Å². The first-order valence-corrected chi connectivity index (χ1v) is 13.5. The Balaban J connectivity index is 1.51. The highest BCUT2D eigenvalue weighted by molar-refractivity contribution is 6.30. The van der Waals surface area contributed by atoms with Crippen LogP contribution < -0.4 is 10.6 Å². The summed E-state index contributed by atoms with van der Waals surface area (Å²) in [6.07, 6.45) is 6.60. The average molecular weight is 533 g/mol. The number of carbonyl (C=O) groups is 3. The summed E-state index contributed by atoms with van der Waals surface area (Å²) in [5, 5.41) is 14.9. The van der Waals surface area contributed by atoms with Crippen LogP contribution in [0, 0.1) is 0 Å². The maximum absolute atomic E-state index is 13.5. The fourth-order valence-corrected chi connectivity index (χ4v) is 5.20. The molecular formula is C31H33ClN2O4. The fourth-order valence-electron chi connectivity index (χ4n) is 5.01. The van der Waals surface area contributed by atoms with Gasteiger partial charge in [-0.1, -0.05) is 73.3 Å². The predicted molar refractivity (Wildman–Crippen MR) is 150 cm³/mol. The van der Waals surface area contributed by atoms with Gasteiger partial charge in [0, 0.05) is 22.8 Å². The van der Waals surface area contributed by atoms with Crippen molar-refractivity contribution in [2.45, 2.75) is 56.8 Å². The molecule has 7 heteroatoms. The minimum absolute atomic E-state index is 0.0680. The van der Waals surface area contributed by atoms with Crippen LogP contribution >= 0.6 is 11.6 Å². The van der Waals surface area contributed by atoms with Crippen molar-refractivity contribution < 1.29 is 19.5 Å². The van der Waals surface area contributed by atoms with Gasteiger partial charge in [0.2, 0.25) is 5.91 Å². The van der Waals surface area contributed by atoms with Crippen molar-refractivity contribution in [3.05, 3.63) is 100 Å². The van der Waals surface area contributed by atoms with Gasteiger partial charge >= 0.3 is 5.97 Å². The minimum atomic E-state index is -0.963. The molecular weight excluding hydrogens is 500 g/mol. The minimum Gasteiger partial charge on any atom is -0.481 e. The van der Waals surface area contributed by atoms with Gasteiger partial charge in [0.05, 0.1) is 12.3 Å². The zero-order valence-electron chi connectivity index (χ0n) is 21.3. The molecule has 6 nitrogen and oxygen atoms in total.